The van der Waals surface area contributed by atoms with Crippen LogP contribution in [0.25, 0.3) is 20.5 Å². The molecule has 2 aromatic heterocycles. The summed E-state index contributed by atoms with van der Waals surface area (Å²) in [7, 11) is 1.60. The first-order chi connectivity index (χ1) is 13.2. The maximum absolute atomic E-state index is 12.3. The maximum Gasteiger partial charge on any atom is 0.273 e. The second-order valence-corrected chi connectivity index (χ2v) is 8.01. The molecule has 1 aromatic carbocycles. The topological polar surface area (TPSA) is 78.9 Å². The number of amides is 1. The molecule has 0 radical (unpaired) electrons. The van der Waals surface area contributed by atoms with Crippen molar-refractivity contribution in [3.05, 3.63) is 41.0 Å². The number of hydrogen-bond acceptors (Lipinski definition) is 6. The highest BCUT2D eigenvalue weighted by atomic mass is 35.5. The van der Waals surface area contributed by atoms with Crippen molar-refractivity contribution in [2.45, 2.75) is 18.9 Å². The highest BCUT2D eigenvalue weighted by Gasteiger charge is 2.21. The molecule has 3 N–H and O–H groups in total. The fraction of sp³-hybridized carbons (Fsp3) is 0.316. The fourth-order valence-electron chi connectivity index (χ4n) is 3.24. The summed E-state index contributed by atoms with van der Waals surface area (Å²) in [5.74, 6) is 0.491. The first kappa shape index (κ1) is 18.2. The van der Waals surface area contributed by atoms with Crippen LogP contribution in [0.5, 0.6) is 0 Å². The van der Waals surface area contributed by atoms with Gasteiger partial charge in [-0.3, -0.25) is 4.79 Å². The number of benzene rings is 1. The lowest BCUT2D eigenvalue weighted by Crippen LogP contribution is -2.38. The summed E-state index contributed by atoms with van der Waals surface area (Å²) in [6, 6.07) is 10.1. The molecule has 1 unspecified atom stereocenters. The van der Waals surface area contributed by atoms with Crippen LogP contribution in [-0.4, -0.2) is 42.3 Å². The SMILES string of the molecule is CNC(=O)c1nnc(NC2CCCNC2)c2cc(-c3ccc(Cl)cc3)sc12. The lowest BCUT2D eigenvalue weighted by atomic mass is 10.1. The van der Waals surface area contributed by atoms with Gasteiger partial charge in [0.05, 0.1) is 4.70 Å². The first-order valence-electron chi connectivity index (χ1n) is 8.91. The third-order valence-electron chi connectivity index (χ3n) is 4.66. The smallest absolute Gasteiger partial charge is 0.273 e. The van der Waals surface area contributed by atoms with E-state index in [-0.39, 0.29) is 5.91 Å². The van der Waals surface area contributed by atoms with Gasteiger partial charge in [0.1, 0.15) is 0 Å². The fourth-order valence-corrected chi connectivity index (χ4v) is 4.51. The van der Waals surface area contributed by atoms with Gasteiger partial charge in [0.15, 0.2) is 11.5 Å². The Morgan fingerprint density at radius 1 is 1.30 bits per heavy atom. The zero-order valence-corrected chi connectivity index (χ0v) is 16.5. The van der Waals surface area contributed by atoms with E-state index >= 15 is 0 Å². The minimum absolute atomic E-state index is 0.233. The average Bonchev–Trinajstić information content (AvgIpc) is 3.15. The average molecular weight is 402 g/mol. The van der Waals surface area contributed by atoms with Gasteiger partial charge in [-0.1, -0.05) is 23.7 Å². The van der Waals surface area contributed by atoms with E-state index in [1.165, 1.54) is 0 Å². The van der Waals surface area contributed by atoms with Gasteiger partial charge in [0.2, 0.25) is 0 Å². The number of hydrogen-bond donors (Lipinski definition) is 3. The Balaban J connectivity index is 1.79. The number of nitrogens with one attached hydrogen (secondary N) is 3. The van der Waals surface area contributed by atoms with Crippen molar-refractivity contribution in [2.75, 3.05) is 25.5 Å². The largest absolute Gasteiger partial charge is 0.364 e. The molecule has 3 heterocycles. The Morgan fingerprint density at radius 3 is 2.81 bits per heavy atom. The normalized spacial score (nSPS) is 17.0. The Labute approximate surface area is 166 Å². The molecule has 1 aliphatic rings. The van der Waals surface area contributed by atoms with Crippen LogP contribution in [0.3, 0.4) is 0 Å². The Bertz CT molecular complexity index is 966. The predicted octanol–water partition coefficient (Wildman–Crippen LogP) is 3.54. The van der Waals surface area contributed by atoms with Gasteiger partial charge < -0.3 is 16.0 Å². The first-order valence-corrected chi connectivity index (χ1v) is 10.1. The van der Waals surface area contributed by atoms with E-state index in [4.69, 9.17) is 11.6 Å². The molecule has 4 rings (SSSR count). The highest BCUT2D eigenvalue weighted by molar-refractivity contribution is 7.22. The summed E-state index contributed by atoms with van der Waals surface area (Å²) in [6.07, 6.45) is 2.21. The zero-order chi connectivity index (χ0) is 18.8. The molecule has 27 heavy (non-hydrogen) atoms. The molecule has 1 aliphatic heterocycles. The van der Waals surface area contributed by atoms with Crippen LogP contribution in [0.4, 0.5) is 5.82 Å². The van der Waals surface area contributed by atoms with E-state index in [2.05, 4.69) is 32.2 Å². The van der Waals surface area contributed by atoms with Crippen molar-refractivity contribution in [1.82, 2.24) is 20.8 Å². The third-order valence-corrected chi connectivity index (χ3v) is 6.10. The van der Waals surface area contributed by atoms with Crippen LogP contribution in [0.2, 0.25) is 5.02 Å². The second-order valence-electron chi connectivity index (χ2n) is 6.52. The van der Waals surface area contributed by atoms with Crippen molar-refractivity contribution in [2.24, 2.45) is 0 Å². The monoisotopic (exact) mass is 401 g/mol. The lowest BCUT2D eigenvalue weighted by Gasteiger charge is -2.24. The number of carbonyl (C=O) groups is 1. The van der Waals surface area contributed by atoms with Crippen molar-refractivity contribution in [3.63, 3.8) is 0 Å². The zero-order valence-electron chi connectivity index (χ0n) is 14.9. The van der Waals surface area contributed by atoms with Crippen molar-refractivity contribution >= 4 is 44.7 Å². The third kappa shape index (κ3) is 3.76. The minimum atomic E-state index is -0.233. The highest BCUT2D eigenvalue weighted by Crippen LogP contribution is 2.38. The molecular weight excluding hydrogens is 382 g/mol. The number of fused-ring (bicyclic) bond motifs is 1. The molecule has 1 saturated heterocycles. The van der Waals surface area contributed by atoms with E-state index < -0.39 is 0 Å². The Morgan fingerprint density at radius 2 is 2.11 bits per heavy atom. The van der Waals surface area contributed by atoms with Gasteiger partial charge in [0, 0.05) is 34.9 Å². The molecule has 0 spiro atoms. The van der Waals surface area contributed by atoms with Gasteiger partial charge in [-0.25, -0.2) is 0 Å². The van der Waals surface area contributed by atoms with E-state index in [1.807, 2.05) is 24.3 Å². The number of thiophene rings is 1. The Hall–Kier alpha value is -2.22. The predicted molar refractivity (Wildman–Crippen MR) is 111 cm³/mol. The molecule has 8 heteroatoms. The van der Waals surface area contributed by atoms with E-state index in [1.54, 1.807) is 18.4 Å². The Kier molecular flexibility index (Phi) is 5.24. The number of rotatable bonds is 4. The van der Waals surface area contributed by atoms with Crippen LogP contribution in [0.15, 0.2) is 30.3 Å². The maximum atomic E-state index is 12.3. The molecular formula is C19H20ClN5OS. The number of anilines is 1. The summed E-state index contributed by atoms with van der Waals surface area (Å²) in [4.78, 5) is 13.3. The lowest BCUT2D eigenvalue weighted by molar-refractivity contribution is 0.0959. The number of carbonyl (C=O) groups excluding carboxylic acids is 1. The molecule has 6 nitrogen and oxygen atoms in total. The van der Waals surface area contributed by atoms with Gasteiger partial charge in [-0.05, 0) is 43.1 Å². The van der Waals surface area contributed by atoms with Gasteiger partial charge in [0.25, 0.3) is 5.91 Å². The molecule has 0 bridgehead atoms. The summed E-state index contributed by atoms with van der Waals surface area (Å²) in [5, 5.41) is 19.7. The van der Waals surface area contributed by atoms with Crippen molar-refractivity contribution in [1.29, 1.82) is 0 Å². The second kappa shape index (κ2) is 7.80. The number of halogens is 1. The molecule has 0 aliphatic carbocycles. The summed E-state index contributed by atoms with van der Waals surface area (Å²) in [5.41, 5.74) is 1.40. The van der Waals surface area contributed by atoms with E-state index in [0.717, 1.165) is 52.3 Å². The van der Waals surface area contributed by atoms with Crippen LogP contribution >= 0.6 is 22.9 Å². The van der Waals surface area contributed by atoms with E-state index in [9.17, 15) is 4.79 Å². The number of nitrogens with zero attached hydrogens (tertiary/aromatic N) is 2. The van der Waals surface area contributed by atoms with Crippen LogP contribution < -0.4 is 16.0 Å². The molecule has 3 aromatic rings. The molecule has 1 amide bonds. The summed E-state index contributed by atoms with van der Waals surface area (Å²) < 4.78 is 0.834. The van der Waals surface area contributed by atoms with Gasteiger partial charge >= 0.3 is 0 Å². The minimum Gasteiger partial charge on any atom is -0.364 e. The molecule has 0 saturated carbocycles. The summed E-state index contributed by atoms with van der Waals surface area (Å²) in [6.45, 7) is 1.95. The van der Waals surface area contributed by atoms with Crippen LogP contribution in [-0.2, 0) is 0 Å². The molecule has 1 fully saturated rings. The number of piperidine rings is 1. The quantitative estimate of drug-likeness (QED) is 0.623. The van der Waals surface area contributed by atoms with E-state index in [0.29, 0.717) is 16.8 Å². The number of aromatic nitrogens is 2. The van der Waals surface area contributed by atoms with Crippen molar-refractivity contribution < 1.29 is 4.79 Å². The molecule has 1 atom stereocenters. The van der Waals surface area contributed by atoms with Crippen LogP contribution in [0.1, 0.15) is 23.3 Å². The van der Waals surface area contributed by atoms with Crippen molar-refractivity contribution in [3.8, 4) is 10.4 Å². The van der Waals surface area contributed by atoms with Gasteiger partial charge in [-0.2, -0.15) is 0 Å². The molecule has 140 valence electrons. The van der Waals surface area contributed by atoms with Crippen LogP contribution in [0, 0.1) is 0 Å². The van der Waals surface area contributed by atoms with Gasteiger partial charge in [-0.15, -0.1) is 21.5 Å². The summed E-state index contributed by atoms with van der Waals surface area (Å²) >= 11 is 7.55. The standard InChI is InChI=1S/C19H20ClN5OS/c1-21-19(26)16-17-14(9-15(27-17)11-4-6-12(20)7-5-11)18(25-24-16)23-13-3-2-8-22-10-13/h4-7,9,13,22H,2-3,8,10H2,1H3,(H,21,26)(H,23,25).